The maximum absolute atomic E-state index is 13.1. The minimum absolute atomic E-state index is 0.121. The Morgan fingerprint density at radius 1 is 1.38 bits per heavy atom. The molecule has 4 heteroatoms. The van der Waals surface area contributed by atoms with Crippen LogP contribution >= 0.6 is 15.9 Å². The molecule has 2 rings (SSSR count). The topological polar surface area (TPSA) is 9.23 Å². The zero-order chi connectivity index (χ0) is 11.8. The zero-order valence-corrected chi connectivity index (χ0v) is 10.6. The van der Waals surface area contributed by atoms with Gasteiger partial charge in [0.2, 0.25) is 5.92 Å². The predicted molar refractivity (Wildman–Crippen MR) is 61.9 cm³/mol. The van der Waals surface area contributed by atoms with Crippen LogP contribution in [-0.2, 0) is 10.2 Å². The van der Waals surface area contributed by atoms with Crippen LogP contribution in [0, 0.1) is 0 Å². The number of alkyl halides is 2. The fraction of sp³-hybridized carbons (Fsp3) is 0.500. The fourth-order valence-electron chi connectivity index (χ4n) is 2.42. The third-order valence-corrected chi connectivity index (χ3v) is 3.54. The molecule has 0 N–H and O–H groups in total. The molecule has 0 radical (unpaired) electrons. The number of hydrogen-bond donors (Lipinski definition) is 0. The number of rotatable bonds is 3. The molecule has 1 aromatic carbocycles. The van der Waals surface area contributed by atoms with E-state index in [1.165, 1.54) is 0 Å². The first-order valence-corrected chi connectivity index (χ1v) is 5.90. The van der Waals surface area contributed by atoms with E-state index in [1.54, 1.807) is 7.11 Å². The second-order valence-corrected chi connectivity index (χ2v) is 5.35. The molecule has 16 heavy (non-hydrogen) atoms. The van der Waals surface area contributed by atoms with Gasteiger partial charge >= 0.3 is 0 Å². The van der Waals surface area contributed by atoms with Crippen molar-refractivity contribution in [3.8, 4) is 0 Å². The highest BCUT2D eigenvalue weighted by atomic mass is 79.9. The highest BCUT2D eigenvalue weighted by Gasteiger charge is 2.57. The Kier molecular flexibility index (Phi) is 3.05. The molecule has 88 valence electrons. The predicted octanol–water partition coefficient (Wildman–Crippen LogP) is 3.76. The maximum Gasteiger partial charge on any atom is 0.250 e. The maximum atomic E-state index is 13.1. The Bertz CT molecular complexity index is 384. The largest absolute Gasteiger partial charge is 0.384 e. The van der Waals surface area contributed by atoms with Gasteiger partial charge in [-0.15, -0.1) is 0 Å². The summed E-state index contributed by atoms with van der Waals surface area (Å²) in [5, 5.41) is 0. The average molecular weight is 291 g/mol. The summed E-state index contributed by atoms with van der Waals surface area (Å²) >= 11 is 3.36. The summed E-state index contributed by atoms with van der Waals surface area (Å²) in [6.07, 6.45) is -0.241. The molecule has 1 aliphatic carbocycles. The van der Waals surface area contributed by atoms with Crippen LogP contribution in [-0.4, -0.2) is 19.6 Å². The fourth-order valence-corrected chi connectivity index (χ4v) is 2.82. The van der Waals surface area contributed by atoms with E-state index < -0.39 is 11.3 Å². The molecular weight excluding hydrogens is 278 g/mol. The van der Waals surface area contributed by atoms with Gasteiger partial charge in [-0.05, 0) is 17.7 Å². The summed E-state index contributed by atoms with van der Waals surface area (Å²) in [6.45, 7) is 0.346. The average Bonchev–Trinajstić information content (AvgIpc) is 2.15. The van der Waals surface area contributed by atoms with Crippen molar-refractivity contribution in [2.75, 3.05) is 13.7 Å². The summed E-state index contributed by atoms with van der Waals surface area (Å²) in [4.78, 5) is 0. The van der Waals surface area contributed by atoms with Crippen molar-refractivity contribution in [3.63, 3.8) is 0 Å². The lowest BCUT2D eigenvalue weighted by molar-refractivity contribution is -0.143. The lowest BCUT2D eigenvalue weighted by Crippen LogP contribution is -2.52. The van der Waals surface area contributed by atoms with Gasteiger partial charge in [-0.1, -0.05) is 28.1 Å². The monoisotopic (exact) mass is 290 g/mol. The molecule has 0 saturated heterocycles. The van der Waals surface area contributed by atoms with E-state index in [-0.39, 0.29) is 12.8 Å². The molecule has 1 saturated carbocycles. The Balaban J connectivity index is 2.28. The third kappa shape index (κ3) is 2.13. The van der Waals surface area contributed by atoms with Crippen molar-refractivity contribution in [2.24, 2.45) is 0 Å². The van der Waals surface area contributed by atoms with E-state index in [9.17, 15) is 8.78 Å². The van der Waals surface area contributed by atoms with E-state index >= 15 is 0 Å². The minimum atomic E-state index is -2.54. The number of ether oxygens (including phenoxy) is 1. The Hall–Kier alpha value is -0.480. The van der Waals surface area contributed by atoms with Gasteiger partial charge < -0.3 is 4.74 Å². The van der Waals surface area contributed by atoms with Crippen molar-refractivity contribution >= 4 is 15.9 Å². The minimum Gasteiger partial charge on any atom is -0.384 e. The lowest BCUT2D eigenvalue weighted by Gasteiger charge is -2.47. The van der Waals surface area contributed by atoms with Crippen molar-refractivity contribution in [3.05, 3.63) is 34.3 Å². The van der Waals surface area contributed by atoms with Gasteiger partial charge in [0.05, 0.1) is 6.61 Å². The highest BCUT2D eigenvalue weighted by molar-refractivity contribution is 9.10. The molecule has 0 unspecified atom stereocenters. The zero-order valence-electron chi connectivity index (χ0n) is 8.97. The Labute approximate surface area is 102 Å². The number of methoxy groups -OCH3 is 1. The van der Waals surface area contributed by atoms with E-state index in [0.717, 1.165) is 10.0 Å². The third-order valence-electron chi connectivity index (χ3n) is 3.05. The lowest BCUT2D eigenvalue weighted by atomic mass is 9.62. The van der Waals surface area contributed by atoms with Crippen LogP contribution < -0.4 is 0 Å². The number of halogens is 3. The summed E-state index contributed by atoms with van der Waals surface area (Å²) in [5.41, 5.74) is 0.414. The Morgan fingerprint density at radius 2 is 2.06 bits per heavy atom. The van der Waals surface area contributed by atoms with Crippen LogP contribution in [0.1, 0.15) is 18.4 Å². The van der Waals surface area contributed by atoms with E-state index in [1.807, 2.05) is 24.3 Å². The van der Waals surface area contributed by atoms with Crippen LogP contribution in [0.2, 0.25) is 0 Å². The molecule has 0 amide bonds. The standard InChI is InChI=1S/C12H13BrF2O/c1-16-8-11(6-12(14,15)7-11)9-3-2-4-10(13)5-9/h2-5H,6-8H2,1H3. The van der Waals surface area contributed by atoms with Gasteiger partial charge in [0.15, 0.2) is 0 Å². The van der Waals surface area contributed by atoms with Gasteiger partial charge in [-0.25, -0.2) is 8.78 Å². The molecular formula is C12H13BrF2O. The molecule has 0 spiro atoms. The van der Waals surface area contributed by atoms with E-state index in [4.69, 9.17) is 4.74 Å². The number of benzene rings is 1. The molecule has 1 nitrogen and oxygen atoms in total. The molecule has 1 aliphatic rings. The van der Waals surface area contributed by atoms with Crippen molar-refractivity contribution in [1.29, 1.82) is 0 Å². The van der Waals surface area contributed by atoms with Gasteiger partial charge in [-0.2, -0.15) is 0 Å². The normalized spacial score (nSPS) is 21.5. The first-order chi connectivity index (χ1) is 7.47. The molecule has 0 atom stereocenters. The summed E-state index contributed by atoms with van der Waals surface area (Å²) in [7, 11) is 1.55. The summed E-state index contributed by atoms with van der Waals surface area (Å²) in [6, 6.07) is 7.54. The van der Waals surface area contributed by atoms with Crippen LogP contribution in [0.5, 0.6) is 0 Å². The first kappa shape index (κ1) is 12.0. The van der Waals surface area contributed by atoms with Crippen molar-refractivity contribution in [1.82, 2.24) is 0 Å². The SMILES string of the molecule is COCC1(c2cccc(Br)c2)CC(F)(F)C1. The second kappa shape index (κ2) is 4.08. The smallest absolute Gasteiger partial charge is 0.250 e. The number of hydrogen-bond acceptors (Lipinski definition) is 1. The van der Waals surface area contributed by atoms with Crippen molar-refractivity contribution in [2.45, 2.75) is 24.2 Å². The molecule has 0 heterocycles. The van der Waals surface area contributed by atoms with Gasteiger partial charge in [0, 0.05) is 29.8 Å². The molecule has 0 aliphatic heterocycles. The summed E-state index contributed by atoms with van der Waals surface area (Å²) < 4.78 is 32.2. The van der Waals surface area contributed by atoms with Crippen LogP contribution in [0.3, 0.4) is 0 Å². The highest BCUT2D eigenvalue weighted by Crippen LogP contribution is 2.53. The van der Waals surface area contributed by atoms with E-state index in [0.29, 0.717) is 6.61 Å². The van der Waals surface area contributed by atoms with Crippen LogP contribution in [0.15, 0.2) is 28.7 Å². The van der Waals surface area contributed by atoms with Gasteiger partial charge in [0.1, 0.15) is 0 Å². The first-order valence-electron chi connectivity index (χ1n) is 5.10. The summed E-state index contributed by atoms with van der Waals surface area (Å²) in [5.74, 6) is -2.54. The second-order valence-electron chi connectivity index (χ2n) is 4.43. The van der Waals surface area contributed by atoms with Gasteiger partial charge in [0.25, 0.3) is 0 Å². The molecule has 0 aromatic heterocycles. The Morgan fingerprint density at radius 3 is 2.56 bits per heavy atom. The van der Waals surface area contributed by atoms with Gasteiger partial charge in [-0.3, -0.25) is 0 Å². The van der Waals surface area contributed by atoms with Crippen molar-refractivity contribution < 1.29 is 13.5 Å². The van der Waals surface area contributed by atoms with E-state index in [2.05, 4.69) is 15.9 Å². The van der Waals surface area contributed by atoms with Crippen LogP contribution in [0.4, 0.5) is 8.78 Å². The molecule has 1 fully saturated rings. The molecule has 1 aromatic rings. The quantitative estimate of drug-likeness (QED) is 0.824. The van der Waals surface area contributed by atoms with Crippen LogP contribution in [0.25, 0.3) is 0 Å². The molecule has 0 bridgehead atoms.